The first-order valence-corrected chi connectivity index (χ1v) is 4.77. The Balaban J connectivity index is 2.72. The summed E-state index contributed by atoms with van der Waals surface area (Å²) in [5.74, 6) is -2.14. The molecule has 0 aliphatic carbocycles. The molecule has 0 spiro atoms. The fourth-order valence-electron chi connectivity index (χ4n) is 1.36. The molecular formula is C9H14O8. The average Bonchev–Trinajstić information content (AvgIpc) is 2.29. The number of aliphatic hydroxyl groups is 4. The molecule has 1 rings (SSSR count). The molecule has 0 radical (unpaired) electrons. The van der Waals surface area contributed by atoms with Crippen molar-refractivity contribution in [2.24, 2.45) is 0 Å². The van der Waals surface area contributed by atoms with Gasteiger partial charge in [-0.3, -0.25) is 0 Å². The van der Waals surface area contributed by atoms with Crippen molar-refractivity contribution in [2.45, 2.75) is 30.7 Å². The summed E-state index contributed by atoms with van der Waals surface area (Å²) in [6.45, 7) is 2.44. The number of rotatable bonds is 4. The minimum absolute atomic E-state index is 0.621. The predicted octanol–water partition coefficient (Wildman–Crippen LogP) is -2.60. The third-order valence-electron chi connectivity index (χ3n) is 2.35. The zero-order chi connectivity index (χ0) is 13.2. The van der Waals surface area contributed by atoms with Crippen LogP contribution in [0.1, 0.15) is 0 Å². The highest BCUT2D eigenvalue weighted by atomic mass is 16.7. The van der Waals surface area contributed by atoms with Gasteiger partial charge >= 0.3 is 5.97 Å². The molecule has 5 N–H and O–H groups in total. The summed E-state index contributed by atoms with van der Waals surface area (Å²) in [5, 5.41) is 45.6. The van der Waals surface area contributed by atoms with Crippen LogP contribution in [0.5, 0.6) is 0 Å². The van der Waals surface area contributed by atoms with Crippen molar-refractivity contribution in [3.05, 3.63) is 12.3 Å². The van der Waals surface area contributed by atoms with Gasteiger partial charge in [-0.25, -0.2) is 4.79 Å². The molecule has 0 saturated carbocycles. The first kappa shape index (κ1) is 13.9. The molecule has 1 saturated heterocycles. The van der Waals surface area contributed by atoms with Gasteiger partial charge in [0.15, 0.2) is 5.76 Å². The van der Waals surface area contributed by atoms with Gasteiger partial charge < -0.3 is 35.0 Å². The third kappa shape index (κ3) is 2.93. The monoisotopic (exact) mass is 250 g/mol. The van der Waals surface area contributed by atoms with Crippen LogP contribution in [0.2, 0.25) is 0 Å². The molecule has 1 aliphatic heterocycles. The SMILES string of the molecule is C=C(O[C@@H]1O[C@H](CO)[C@@H](O)[C@H](O)[C@H]1O)C(=O)O. The van der Waals surface area contributed by atoms with Gasteiger partial charge in [0.2, 0.25) is 6.29 Å². The van der Waals surface area contributed by atoms with Gasteiger partial charge in [-0.15, -0.1) is 0 Å². The maximum absolute atomic E-state index is 10.5. The van der Waals surface area contributed by atoms with E-state index in [0.717, 1.165) is 0 Å². The van der Waals surface area contributed by atoms with Crippen molar-refractivity contribution >= 4 is 5.97 Å². The Kier molecular flexibility index (Phi) is 4.43. The van der Waals surface area contributed by atoms with Crippen molar-refractivity contribution in [2.75, 3.05) is 6.61 Å². The molecule has 0 amide bonds. The molecule has 17 heavy (non-hydrogen) atoms. The molecular weight excluding hydrogens is 236 g/mol. The van der Waals surface area contributed by atoms with E-state index in [1.807, 2.05) is 0 Å². The fourth-order valence-corrected chi connectivity index (χ4v) is 1.36. The van der Waals surface area contributed by atoms with E-state index in [0.29, 0.717) is 0 Å². The molecule has 98 valence electrons. The lowest BCUT2D eigenvalue weighted by molar-refractivity contribution is -0.291. The quantitative estimate of drug-likeness (QED) is 0.270. The summed E-state index contributed by atoms with van der Waals surface area (Å²) >= 11 is 0. The largest absolute Gasteiger partial charge is 0.475 e. The van der Waals surface area contributed by atoms with Gasteiger partial charge in [0, 0.05) is 0 Å². The lowest BCUT2D eigenvalue weighted by Crippen LogP contribution is -2.59. The molecule has 0 unspecified atom stereocenters. The molecule has 0 aromatic heterocycles. The summed E-state index contributed by atoms with van der Waals surface area (Å²) in [7, 11) is 0. The summed E-state index contributed by atoms with van der Waals surface area (Å²) in [6.07, 6.45) is -7.46. The van der Waals surface area contributed by atoms with Crippen LogP contribution in [0.4, 0.5) is 0 Å². The number of carbonyl (C=O) groups is 1. The van der Waals surface area contributed by atoms with E-state index in [1.54, 1.807) is 0 Å². The second kappa shape index (κ2) is 5.43. The fraction of sp³-hybridized carbons (Fsp3) is 0.667. The van der Waals surface area contributed by atoms with Crippen molar-refractivity contribution in [1.29, 1.82) is 0 Å². The Hall–Kier alpha value is -1.19. The maximum Gasteiger partial charge on any atom is 0.370 e. The van der Waals surface area contributed by atoms with Crippen molar-refractivity contribution in [3.63, 3.8) is 0 Å². The Labute approximate surface area is 96.3 Å². The standard InChI is InChI=1S/C9H14O8/c1-3(8(14)15)16-9-7(13)6(12)5(11)4(2-10)17-9/h4-7,9-13H,1-2H2,(H,14,15)/t4-,5-,6+,7-,9-/m1/s1. The van der Waals surface area contributed by atoms with E-state index in [-0.39, 0.29) is 0 Å². The zero-order valence-corrected chi connectivity index (χ0v) is 8.76. The Bertz CT molecular complexity index is 301. The van der Waals surface area contributed by atoms with Crippen molar-refractivity contribution in [3.8, 4) is 0 Å². The van der Waals surface area contributed by atoms with Crippen LogP contribution in [0.25, 0.3) is 0 Å². The Morgan fingerprint density at radius 1 is 1.24 bits per heavy atom. The molecule has 5 atom stereocenters. The first-order valence-electron chi connectivity index (χ1n) is 4.77. The van der Waals surface area contributed by atoms with Crippen molar-refractivity contribution < 1.29 is 39.8 Å². The number of carboxylic acid groups (broad SMARTS) is 1. The van der Waals surface area contributed by atoms with E-state index in [1.165, 1.54) is 0 Å². The van der Waals surface area contributed by atoms with Crippen LogP contribution in [0.15, 0.2) is 12.3 Å². The molecule has 0 aromatic rings. The number of aliphatic hydroxyl groups excluding tert-OH is 4. The van der Waals surface area contributed by atoms with Gasteiger partial charge in [-0.2, -0.15) is 0 Å². The van der Waals surface area contributed by atoms with Crippen LogP contribution in [-0.4, -0.2) is 68.8 Å². The van der Waals surface area contributed by atoms with E-state index < -0.39 is 49.0 Å². The van der Waals surface area contributed by atoms with E-state index >= 15 is 0 Å². The smallest absolute Gasteiger partial charge is 0.370 e. The summed E-state index contributed by atoms with van der Waals surface area (Å²) in [5.41, 5.74) is 0. The van der Waals surface area contributed by atoms with Gasteiger partial charge in [-0.1, -0.05) is 0 Å². The van der Waals surface area contributed by atoms with Crippen molar-refractivity contribution in [1.82, 2.24) is 0 Å². The van der Waals surface area contributed by atoms with Gasteiger partial charge in [0.05, 0.1) is 6.61 Å². The van der Waals surface area contributed by atoms with Crippen LogP contribution < -0.4 is 0 Å². The highest BCUT2D eigenvalue weighted by Crippen LogP contribution is 2.23. The highest BCUT2D eigenvalue weighted by Gasteiger charge is 2.45. The minimum atomic E-state index is -1.65. The number of ether oxygens (including phenoxy) is 2. The second-order valence-electron chi connectivity index (χ2n) is 3.54. The van der Waals surface area contributed by atoms with Gasteiger partial charge in [0.25, 0.3) is 0 Å². The van der Waals surface area contributed by atoms with E-state index in [4.69, 9.17) is 14.9 Å². The van der Waals surface area contributed by atoms with Crippen LogP contribution in [0.3, 0.4) is 0 Å². The molecule has 0 aromatic carbocycles. The topological polar surface area (TPSA) is 137 Å². The Morgan fingerprint density at radius 3 is 2.29 bits per heavy atom. The molecule has 1 heterocycles. The molecule has 8 heteroatoms. The number of hydrogen-bond acceptors (Lipinski definition) is 7. The molecule has 1 aliphatic rings. The molecule has 1 fully saturated rings. The predicted molar refractivity (Wildman–Crippen MR) is 51.6 cm³/mol. The van der Waals surface area contributed by atoms with Gasteiger partial charge in [-0.05, 0) is 6.58 Å². The summed E-state index contributed by atoms with van der Waals surface area (Å²) < 4.78 is 9.56. The molecule has 8 nitrogen and oxygen atoms in total. The molecule has 0 bridgehead atoms. The highest BCUT2D eigenvalue weighted by molar-refractivity contribution is 5.83. The average molecular weight is 250 g/mol. The number of hydrogen-bond donors (Lipinski definition) is 5. The van der Waals surface area contributed by atoms with E-state index in [9.17, 15) is 20.1 Å². The zero-order valence-electron chi connectivity index (χ0n) is 8.76. The maximum atomic E-state index is 10.5. The van der Waals surface area contributed by atoms with Crippen LogP contribution in [-0.2, 0) is 14.3 Å². The Morgan fingerprint density at radius 2 is 1.82 bits per heavy atom. The number of carboxylic acids is 1. The lowest BCUT2D eigenvalue weighted by atomic mass is 9.99. The third-order valence-corrected chi connectivity index (χ3v) is 2.35. The summed E-state index contributed by atoms with van der Waals surface area (Å²) in [4.78, 5) is 10.5. The minimum Gasteiger partial charge on any atom is -0.475 e. The normalized spacial score (nSPS) is 37.5. The lowest BCUT2D eigenvalue weighted by Gasteiger charge is -2.39. The first-order chi connectivity index (χ1) is 7.88. The second-order valence-corrected chi connectivity index (χ2v) is 3.54. The summed E-state index contributed by atoms with van der Waals surface area (Å²) in [6, 6.07) is 0. The van der Waals surface area contributed by atoms with E-state index in [2.05, 4.69) is 11.3 Å². The number of aliphatic carboxylic acids is 1. The van der Waals surface area contributed by atoms with Crippen LogP contribution in [0, 0.1) is 0 Å². The van der Waals surface area contributed by atoms with Crippen LogP contribution >= 0.6 is 0 Å². The van der Waals surface area contributed by atoms with Gasteiger partial charge in [0.1, 0.15) is 24.4 Å².